The van der Waals surface area contributed by atoms with Crippen molar-refractivity contribution in [1.29, 1.82) is 0 Å². The molecule has 51 heavy (non-hydrogen) atoms. The number of rotatable bonds is 11. The van der Waals surface area contributed by atoms with Crippen LogP contribution in [0.3, 0.4) is 0 Å². The number of benzene rings is 1. The summed E-state index contributed by atoms with van der Waals surface area (Å²) in [4.78, 5) is 29.5. The number of hydrogen-bond acceptors (Lipinski definition) is 13. The number of piperazine rings is 1. The Bertz CT molecular complexity index is 1890. The first-order valence-corrected chi connectivity index (χ1v) is 19.6. The number of ether oxygens (including phenoxy) is 2. The number of nitrogens with zero attached hydrogens (tertiary/aromatic N) is 8. The van der Waals surface area contributed by atoms with Crippen molar-refractivity contribution < 1.29 is 27.2 Å². The standard InChI is InChI=1S/C34H44F3N10O3P/c1-6-22-19-26(32(50-21-34(35,36)37)44-31(22)47-13-9-23(10-14-47)46-17-15-45(2)16-18-46)42-33-40-20-27(49-3)30(43-33)41-25-8-7-24-28(39-12-11-38-24)29(25)51(4,5)48/h7-8,11-12,19-20,23H,6,9-10,13-18,21H2,1-5H3,(H2,40,41,42,43). The number of hydrogen-bond donors (Lipinski definition) is 2. The molecule has 2 saturated heterocycles. The Hall–Kier alpha value is -4.27. The van der Waals surface area contributed by atoms with Crippen LogP contribution in [0.4, 0.5) is 42.1 Å². The van der Waals surface area contributed by atoms with E-state index >= 15 is 0 Å². The quantitative estimate of drug-likeness (QED) is 0.194. The van der Waals surface area contributed by atoms with Gasteiger partial charge in [0.15, 0.2) is 18.2 Å². The highest BCUT2D eigenvalue weighted by Crippen LogP contribution is 2.42. The van der Waals surface area contributed by atoms with Crippen LogP contribution in [0, 0.1) is 0 Å². The molecule has 0 atom stereocenters. The number of fused-ring (bicyclic) bond motifs is 1. The van der Waals surface area contributed by atoms with Crippen LogP contribution in [0.15, 0.2) is 36.8 Å². The smallest absolute Gasteiger partial charge is 0.422 e. The highest BCUT2D eigenvalue weighted by molar-refractivity contribution is 7.71. The first-order chi connectivity index (χ1) is 24.3. The predicted octanol–water partition coefficient (Wildman–Crippen LogP) is 5.28. The van der Waals surface area contributed by atoms with E-state index in [1.807, 2.05) is 6.92 Å². The molecule has 0 bridgehead atoms. The molecule has 13 nitrogen and oxygen atoms in total. The second-order valence-corrected chi connectivity index (χ2v) is 16.4. The van der Waals surface area contributed by atoms with Gasteiger partial charge in [-0.2, -0.15) is 23.1 Å². The molecule has 2 aliphatic rings. The molecule has 4 aromatic rings. The molecule has 3 aromatic heterocycles. The fourth-order valence-corrected chi connectivity index (χ4v) is 8.02. The number of nitrogens with one attached hydrogen (secondary N) is 2. The molecule has 0 unspecified atom stereocenters. The van der Waals surface area contributed by atoms with Crippen molar-refractivity contribution in [3.63, 3.8) is 0 Å². The fourth-order valence-electron chi connectivity index (χ4n) is 6.63. The Labute approximate surface area is 295 Å². The summed E-state index contributed by atoms with van der Waals surface area (Å²) in [6, 6.07) is 5.73. The summed E-state index contributed by atoms with van der Waals surface area (Å²) in [5.41, 5.74) is 2.62. The van der Waals surface area contributed by atoms with Crippen molar-refractivity contribution in [2.45, 2.75) is 38.4 Å². The van der Waals surface area contributed by atoms with Crippen LogP contribution in [0.2, 0.25) is 0 Å². The number of likely N-dealkylation sites (N-methyl/N-ethyl adjacent to an activating group) is 1. The lowest BCUT2D eigenvalue weighted by Crippen LogP contribution is -2.52. The lowest BCUT2D eigenvalue weighted by Gasteiger charge is -2.42. The van der Waals surface area contributed by atoms with Crippen molar-refractivity contribution in [1.82, 2.24) is 34.7 Å². The molecule has 0 aliphatic carbocycles. The SMILES string of the molecule is CCc1cc(Nc2ncc(OC)c(Nc3ccc4nccnc4c3P(C)(C)=O)n2)c(OCC(F)(F)F)nc1N1CCC(N2CCN(C)CC2)CC1. The monoisotopic (exact) mass is 728 g/mol. The molecular formula is C34H44F3N10O3P. The first kappa shape index (κ1) is 36.5. The van der Waals surface area contributed by atoms with Gasteiger partial charge in [-0.3, -0.25) is 14.9 Å². The number of aryl methyl sites for hydroxylation is 1. The highest BCUT2D eigenvalue weighted by atomic mass is 31.2. The van der Waals surface area contributed by atoms with E-state index in [4.69, 9.17) is 9.47 Å². The third-order valence-corrected chi connectivity index (χ3v) is 10.8. The van der Waals surface area contributed by atoms with Crippen LogP contribution in [0.25, 0.3) is 11.0 Å². The van der Waals surface area contributed by atoms with Crippen molar-refractivity contribution in [2.75, 3.05) is 88.9 Å². The van der Waals surface area contributed by atoms with E-state index in [2.05, 4.69) is 57.3 Å². The van der Waals surface area contributed by atoms with Crippen molar-refractivity contribution in [3.8, 4) is 11.6 Å². The molecule has 274 valence electrons. The van der Waals surface area contributed by atoms with Crippen molar-refractivity contribution in [3.05, 3.63) is 42.4 Å². The third kappa shape index (κ3) is 8.62. The highest BCUT2D eigenvalue weighted by Gasteiger charge is 2.32. The van der Waals surface area contributed by atoms with Crippen molar-refractivity contribution >= 4 is 52.4 Å². The van der Waals surface area contributed by atoms with Gasteiger partial charge in [-0.1, -0.05) is 6.92 Å². The summed E-state index contributed by atoms with van der Waals surface area (Å²) in [6.07, 6.45) is 2.44. The Morgan fingerprint density at radius 3 is 2.35 bits per heavy atom. The number of aromatic nitrogens is 5. The summed E-state index contributed by atoms with van der Waals surface area (Å²) in [7, 11) is 0.714. The summed E-state index contributed by atoms with van der Waals surface area (Å²) < 4.78 is 64.6. The lowest BCUT2D eigenvalue weighted by atomic mass is 10.0. The van der Waals surface area contributed by atoms with Crippen LogP contribution < -0.4 is 30.3 Å². The largest absolute Gasteiger partial charge is 0.491 e. The van der Waals surface area contributed by atoms with E-state index in [1.54, 1.807) is 37.7 Å². The minimum atomic E-state index is -4.57. The maximum Gasteiger partial charge on any atom is 0.422 e. The average molecular weight is 729 g/mol. The summed E-state index contributed by atoms with van der Waals surface area (Å²) in [5.74, 6) is 0.977. The maximum atomic E-state index is 13.5. The van der Waals surface area contributed by atoms with Gasteiger partial charge in [0.1, 0.15) is 24.2 Å². The predicted molar refractivity (Wildman–Crippen MR) is 193 cm³/mol. The second-order valence-electron chi connectivity index (χ2n) is 13.2. The lowest BCUT2D eigenvalue weighted by molar-refractivity contribution is -0.153. The van der Waals surface area contributed by atoms with Crippen LogP contribution in [0.1, 0.15) is 25.3 Å². The number of pyridine rings is 1. The molecular weight excluding hydrogens is 684 g/mol. The van der Waals surface area contributed by atoms with E-state index in [9.17, 15) is 17.7 Å². The zero-order chi connectivity index (χ0) is 36.3. The molecule has 0 amide bonds. The number of piperidine rings is 1. The van der Waals surface area contributed by atoms with E-state index in [1.165, 1.54) is 19.5 Å². The number of alkyl halides is 3. The van der Waals surface area contributed by atoms with E-state index in [0.717, 1.165) is 57.7 Å². The Morgan fingerprint density at radius 1 is 0.961 bits per heavy atom. The molecule has 6 rings (SSSR count). The van der Waals surface area contributed by atoms with Gasteiger partial charge in [-0.05, 0) is 63.4 Å². The third-order valence-electron chi connectivity index (χ3n) is 9.24. The molecule has 0 spiro atoms. The van der Waals surface area contributed by atoms with Gasteiger partial charge in [-0.25, -0.2) is 4.98 Å². The molecule has 0 radical (unpaired) electrons. The second kappa shape index (κ2) is 15.1. The molecule has 5 heterocycles. The van der Waals surface area contributed by atoms with Gasteiger partial charge in [0, 0.05) is 57.7 Å². The molecule has 17 heteroatoms. The van der Waals surface area contributed by atoms with Crippen LogP contribution in [0.5, 0.6) is 11.6 Å². The average Bonchev–Trinajstić information content (AvgIpc) is 3.10. The van der Waals surface area contributed by atoms with Crippen LogP contribution in [-0.2, 0) is 11.0 Å². The Kier molecular flexibility index (Phi) is 10.8. The van der Waals surface area contributed by atoms with Gasteiger partial charge >= 0.3 is 6.18 Å². The summed E-state index contributed by atoms with van der Waals surface area (Å²) in [6.45, 7) is 9.41. The van der Waals surface area contributed by atoms with Gasteiger partial charge < -0.3 is 34.5 Å². The Morgan fingerprint density at radius 2 is 1.69 bits per heavy atom. The van der Waals surface area contributed by atoms with Gasteiger partial charge in [0.2, 0.25) is 11.8 Å². The Balaban J connectivity index is 1.29. The van der Waals surface area contributed by atoms with Crippen LogP contribution >= 0.6 is 7.14 Å². The van der Waals surface area contributed by atoms with Gasteiger partial charge in [0.25, 0.3) is 0 Å². The zero-order valence-electron chi connectivity index (χ0n) is 29.5. The topological polar surface area (TPSA) is 134 Å². The molecule has 1 aromatic carbocycles. The first-order valence-electron chi connectivity index (χ1n) is 17.0. The van der Waals surface area contributed by atoms with Gasteiger partial charge in [-0.15, -0.1) is 0 Å². The normalized spacial score (nSPS) is 16.7. The molecule has 2 fully saturated rings. The van der Waals surface area contributed by atoms with Gasteiger partial charge in [0.05, 0.1) is 29.8 Å². The summed E-state index contributed by atoms with van der Waals surface area (Å²) >= 11 is 0. The molecule has 2 aliphatic heterocycles. The number of methoxy groups -OCH3 is 1. The minimum Gasteiger partial charge on any atom is -0.491 e. The zero-order valence-corrected chi connectivity index (χ0v) is 30.4. The van der Waals surface area contributed by atoms with E-state index in [0.29, 0.717) is 40.3 Å². The van der Waals surface area contributed by atoms with Crippen molar-refractivity contribution in [2.24, 2.45) is 0 Å². The summed E-state index contributed by atoms with van der Waals surface area (Å²) in [5, 5.41) is 6.75. The number of halogens is 3. The van der Waals surface area contributed by atoms with E-state index in [-0.39, 0.29) is 29.1 Å². The molecule has 2 N–H and O–H groups in total. The van der Waals surface area contributed by atoms with Crippen LogP contribution in [-0.4, -0.2) is 120 Å². The van der Waals surface area contributed by atoms with E-state index < -0.39 is 19.9 Å². The molecule has 0 saturated carbocycles. The maximum absolute atomic E-state index is 13.5. The number of anilines is 5. The minimum absolute atomic E-state index is 0.0538. The fraction of sp³-hybridized carbons (Fsp3) is 0.500.